The Hall–Kier alpha value is -3.84. The van der Waals surface area contributed by atoms with Gasteiger partial charge >= 0.3 is 0 Å². The van der Waals surface area contributed by atoms with Crippen LogP contribution < -0.4 is 19.5 Å². The Labute approximate surface area is 227 Å². The maximum atomic E-state index is 9.82. The quantitative estimate of drug-likeness (QED) is 0.327. The summed E-state index contributed by atoms with van der Waals surface area (Å²) in [5.41, 5.74) is 3.76. The summed E-state index contributed by atoms with van der Waals surface area (Å²) in [5.74, 6) is 1.56. The number of nitrogens with zero attached hydrogens (tertiary/aromatic N) is 4. The lowest BCUT2D eigenvalue weighted by Crippen LogP contribution is -2.43. The highest BCUT2D eigenvalue weighted by Crippen LogP contribution is 2.42. The van der Waals surface area contributed by atoms with Gasteiger partial charge in [-0.25, -0.2) is 0 Å². The van der Waals surface area contributed by atoms with Crippen LogP contribution in [-0.4, -0.2) is 69.3 Å². The number of hydrogen-bond donors (Lipinski definition) is 1. The van der Waals surface area contributed by atoms with Gasteiger partial charge in [0.25, 0.3) is 0 Å². The molecule has 2 aromatic heterocycles. The van der Waals surface area contributed by atoms with Crippen molar-refractivity contribution in [1.29, 1.82) is 5.26 Å². The minimum atomic E-state index is 0.449. The van der Waals surface area contributed by atoms with Gasteiger partial charge in [0.2, 0.25) is 5.75 Å². The van der Waals surface area contributed by atoms with Crippen LogP contribution in [0.1, 0.15) is 10.4 Å². The third kappa shape index (κ3) is 5.24. The molecule has 1 saturated heterocycles. The van der Waals surface area contributed by atoms with Crippen LogP contribution in [0.5, 0.6) is 17.2 Å². The molecule has 0 aliphatic carbocycles. The van der Waals surface area contributed by atoms with Crippen LogP contribution in [0.15, 0.2) is 48.7 Å². The molecule has 0 bridgehead atoms. The first kappa shape index (κ1) is 25.8. The van der Waals surface area contributed by atoms with E-state index in [9.17, 15) is 5.26 Å². The van der Waals surface area contributed by atoms with Gasteiger partial charge in [0.15, 0.2) is 11.5 Å². The Morgan fingerprint density at radius 2 is 1.71 bits per heavy atom. The van der Waals surface area contributed by atoms with Gasteiger partial charge in [-0.3, -0.25) is 9.88 Å². The Balaban J connectivity index is 1.44. The van der Waals surface area contributed by atoms with E-state index in [4.69, 9.17) is 14.2 Å². The molecule has 0 saturated carbocycles. The fraction of sp³-hybridized carbons (Fsp3) is 0.310. The van der Waals surface area contributed by atoms with Crippen LogP contribution in [0, 0.1) is 11.3 Å². The van der Waals surface area contributed by atoms with Gasteiger partial charge in [-0.2, -0.15) is 5.26 Å². The molecule has 3 heterocycles. The molecule has 0 amide bonds. The largest absolute Gasteiger partial charge is 0.493 e. The summed E-state index contributed by atoms with van der Waals surface area (Å²) in [7, 11) is 6.90. The minimum absolute atomic E-state index is 0.449. The number of fused-ring (bicyclic) bond motifs is 1. The monoisotopic (exact) mass is 529 g/mol. The number of likely N-dealkylation sites (N-methyl/N-ethyl adjacent to an activating group) is 1. The molecule has 1 aliphatic rings. The van der Waals surface area contributed by atoms with Crippen molar-refractivity contribution in [3.8, 4) is 33.8 Å². The average molecular weight is 530 g/mol. The highest BCUT2D eigenvalue weighted by atomic mass is 32.1. The molecular formula is C29H31N5O3S. The van der Waals surface area contributed by atoms with E-state index in [0.717, 1.165) is 49.2 Å². The fourth-order valence-electron chi connectivity index (χ4n) is 4.71. The molecule has 1 aliphatic heterocycles. The number of hydrogen-bond acceptors (Lipinski definition) is 9. The van der Waals surface area contributed by atoms with Gasteiger partial charge in [0.05, 0.1) is 38.1 Å². The molecule has 5 rings (SSSR count). The topological polar surface area (TPSA) is 82.9 Å². The molecule has 0 radical (unpaired) electrons. The highest BCUT2D eigenvalue weighted by molar-refractivity contribution is 7.15. The van der Waals surface area contributed by atoms with E-state index >= 15 is 0 Å². The number of aromatic nitrogens is 1. The van der Waals surface area contributed by atoms with Crippen molar-refractivity contribution in [3.05, 3.63) is 59.1 Å². The zero-order valence-corrected chi connectivity index (χ0v) is 22.9. The smallest absolute Gasteiger partial charge is 0.203 e. The molecule has 0 unspecified atom stereocenters. The number of methoxy groups -OCH3 is 3. The molecule has 0 atom stereocenters. The number of pyridine rings is 1. The maximum absolute atomic E-state index is 9.82. The SMILES string of the molecule is COc1cc(Nc2c(C#N)cnc3cc(-c4ccc(CN5CCN(C)CC5)s4)ccc23)cc(OC)c1OC. The third-order valence-electron chi connectivity index (χ3n) is 6.85. The molecule has 1 N–H and O–H groups in total. The van der Waals surface area contributed by atoms with E-state index in [0.29, 0.717) is 34.2 Å². The summed E-state index contributed by atoms with van der Waals surface area (Å²) in [6, 6.07) is 16.5. The van der Waals surface area contributed by atoms with Crippen LogP contribution in [0.4, 0.5) is 11.4 Å². The number of ether oxygens (including phenoxy) is 3. The van der Waals surface area contributed by atoms with Crippen molar-refractivity contribution < 1.29 is 14.2 Å². The van der Waals surface area contributed by atoms with Crippen molar-refractivity contribution in [3.63, 3.8) is 0 Å². The molecule has 1 fully saturated rings. The molecule has 38 heavy (non-hydrogen) atoms. The van der Waals surface area contributed by atoms with Gasteiger partial charge in [-0.15, -0.1) is 11.3 Å². The average Bonchev–Trinajstić information content (AvgIpc) is 3.42. The number of piperazine rings is 1. The van der Waals surface area contributed by atoms with Gasteiger partial charge in [-0.1, -0.05) is 12.1 Å². The molecule has 8 nitrogen and oxygen atoms in total. The number of nitrogens with one attached hydrogen (secondary N) is 1. The Morgan fingerprint density at radius 1 is 0.974 bits per heavy atom. The van der Waals surface area contributed by atoms with E-state index in [1.807, 2.05) is 29.5 Å². The first-order chi connectivity index (χ1) is 18.5. The van der Waals surface area contributed by atoms with E-state index < -0.39 is 0 Å². The number of nitriles is 1. The van der Waals surface area contributed by atoms with Crippen LogP contribution in [0.3, 0.4) is 0 Å². The predicted molar refractivity (Wildman–Crippen MR) is 152 cm³/mol. The molecule has 0 spiro atoms. The lowest BCUT2D eigenvalue weighted by atomic mass is 10.1. The summed E-state index contributed by atoms with van der Waals surface area (Å²) in [6.07, 6.45) is 1.61. The van der Waals surface area contributed by atoms with Gasteiger partial charge in [0.1, 0.15) is 6.07 Å². The molecular weight excluding hydrogens is 498 g/mol. The van der Waals surface area contributed by atoms with E-state index in [1.165, 1.54) is 9.75 Å². The first-order valence-corrected chi connectivity index (χ1v) is 13.2. The second kappa shape index (κ2) is 11.3. The van der Waals surface area contributed by atoms with Crippen molar-refractivity contribution in [1.82, 2.24) is 14.8 Å². The maximum Gasteiger partial charge on any atom is 0.203 e. The summed E-state index contributed by atoms with van der Waals surface area (Å²) >= 11 is 1.82. The van der Waals surface area contributed by atoms with Crippen molar-refractivity contribution in [2.45, 2.75) is 6.54 Å². The predicted octanol–water partition coefficient (Wildman–Crippen LogP) is 5.35. The summed E-state index contributed by atoms with van der Waals surface area (Å²) in [4.78, 5) is 12.1. The molecule has 196 valence electrons. The van der Waals surface area contributed by atoms with Gasteiger partial charge < -0.3 is 24.4 Å². The summed E-state index contributed by atoms with van der Waals surface area (Å²) in [5, 5.41) is 14.1. The second-order valence-electron chi connectivity index (χ2n) is 9.28. The highest BCUT2D eigenvalue weighted by Gasteiger charge is 2.17. The van der Waals surface area contributed by atoms with Crippen molar-refractivity contribution >= 4 is 33.6 Å². The fourth-order valence-corrected chi connectivity index (χ4v) is 5.75. The van der Waals surface area contributed by atoms with Crippen LogP contribution in [0.25, 0.3) is 21.3 Å². The summed E-state index contributed by atoms with van der Waals surface area (Å²) < 4.78 is 16.4. The van der Waals surface area contributed by atoms with Crippen molar-refractivity contribution in [2.75, 3.05) is 59.9 Å². The zero-order valence-electron chi connectivity index (χ0n) is 22.1. The Kier molecular flexibility index (Phi) is 7.65. The first-order valence-electron chi connectivity index (χ1n) is 12.4. The number of benzene rings is 2. The van der Waals surface area contributed by atoms with Crippen LogP contribution >= 0.6 is 11.3 Å². The Bertz CT molecular complexity index is 1460. The molecule has 2 aromatic carbocycles. The van der Waals surface area contributed by atoms with Gasteiger partial charge in [-0.05, 0) is 30.8 Å². The standard InChI is InChI=1S/C29H31N5O3S/c1-33-9-11-34(12-10-33)18-22-6-8-27(38-22)19-5-7-23-24(13-19)31-17-20(16-30)28(23)32-21-14-25(35-2)29(37-4)26(15-21)36-3/h5-8,13-15,17H,9-12,18H2,1-4H3,(H,31,32). The lowest BCUT2D eigenvalue weighted by Gasteiger charge is -2.31. The zero-order chi connectivity index (χ0) is 26.6. The summed E-state index contributed by atoms with van der Waals surface area (Å²) in [6.45, 7) is 5.43. The molecule has 9 heteroatoms. The third-order valence-corrected chi connectivity index (χ3v) is 7.96. The number of anilines is 2. The minimum Gasteiger partial charge on any atom is -0.493 e. The van der Waals surface area contributed by atoms with E-state index in [2.05, 4.69) is 57.5 Å². The van der Waals surface area contributed by atoms with Crippen LogP contribution in [-0.2, 0) is 6.54 Å². The number of thiophene rings is 1. The number of rotatable bonds is 8. The van der Waals surface area contributed by atoms with E-state index in [1.54, 1.807) is 27.5 Å². The van der Waals surface area contributed by atoms with Crippen molar-refractivity contribution in [2.24, 2.45) is 0 Å². The second-order valence-corrected chi connectivity index (χ2v) is 10.4. The normalized spacial score (nSPS) is 14.3. The molecule has 4 aromatic rings. The Morgan fingerprint density at radius 3 is 2.37 bits per heavy atom. The van der Waals surface area contributed by atoms with Crippen LogP contribution in [0.2, 0.25) is 0 Å². The van der Waals surface area contributed by atoms with Gasteiger partial charge in [0, 0.05) is 71.9 Å². The lowest BCUT2D eigenvalue weighted by molar-refractivity contribution is 0.149. The van der Waals surface area contributed by atoms with E-state index in [-0.39, 0.29) is 0 Å².